The number of hydrogen-bond acceptors (Lipinski definition) is 3. The summed E-state index contributed by atoms with van der Waals surface area (Å²) in [5.74, 6) is -1.24. The minimum absolute atomic E-state index is 0.128. The first-order valence-corrected chi connectivity index (χ1v) is 5.81. The Morgan fingerprint density at radius 3 is 2.53 bits per heavy atom. The van der Waals surface area contributed by atoms with Crippen molar-refractivity contribution in [1.29, 1.82) is 0 Å². The standard InChI is InChI=1S/C13H14F2N2O2/c1-9-16-2-3-17(9)4-5-19-13-11(14)6-10(8-18)7-12(13)15/h2-3,6-7,18H,4-5,8H2,1H3. The van der Waals surface area contributed by atoms with E-state index in [1.807, 2.05) is 11.5 Å². The van der Waals surface area contributed by atoms with E-state index >= 15 is 0 Å². The van der Waals surface area contributed by atoms with Crippen LogP contribution >= 0.6 is 0 Å². The summed E-state index contributed by atoms with van der Waals surface area (Å²) in [5, 5.41) is 8.82. The number of nitrogens with zero attached hydrogens (tertiary/aromatic N) is 2. The molecule has 0 spiro atoms. The lowest BCUT2D eigenvalue weighted by Gasteiger charge is -2.10. The van der Waals surface area contributed by atoms with Gasteiger partial charge in [0.1, 0.15) is 12.4 Å². The third-order valence-corrected chi connectivity index (χ3v) is 2.74. The molecule has 0 aliphatic rings. The van der Waals surface area contributed by atoms with Crippen molar-refractivity contribution < 1.29 is 18.6 Å². The van der Waals surface area contributed by atoms with Gasteiger partial charge in [0.05, 0.1) is 13.2 Å². The maximum absolute atomic E-state index is 13.5. The van der Waals surface area contributed by atoms with Gasteiger partial charge in [-0.25, -0.2) is 13.8 Å². The lowest BCUT2D eigenvalue weighted by atomic mass is 10.2. The average molecular weight is 268 g/mol. The molecule has 0 unspecified atom stereocenters. The molecule has 1 N–H and O–H groups in total. The molecular weight excluding hydrogens is 254 g/mol. The molecule has 6 heteroatoms. The van der Waals surface area contributed by atoms with Crippen LogP contribution in [0.3, 0.4) is 0 Å². The lowest BCUT2D eigenvalue weighted by molar-refractivity contribution is 0.263. The highest BCUT2D eigenvalue weighted by Crippen LogP contribution is 2.23. The van der Waals surface area contributed by atoms with E-state index in [1.54, 1.807) is 12.4 Å². The Labute approximate surface area is 109 Å². The largest absolute Gasteiger partial charge is 0.486 e. The molecular formula is C13H14F2N2O2. The number of aliphatic hydroxyl groups is 1. The van der Waals surface area contributed by atoms with E-state index in [2.05, 4.69) is 4.98 Å². The number of aromatic nitrogens is 2. The van der Waals surface area contributed by atoms with Crippen LogP contribution in [-0.2, 0) is 13.2 Å². The highest BCUT2D eigenvalue weighted by Gasteiger charge is 2.12. The fraction of sp³-hybridized carbons (Fsp3) is 0.308. The van der Waals surface area contributed by atoms with Gasteiger partial charge in [-0.2, -0.15) is 0 Å². The molecule has 102 valence electrons. The monoisotopic (exact) mass is 268 g/mol. The van der Waals surface area contributed by atoms with Gasteiger partial charge in [-0.1, -0.05) is 0 Å². The smallest absolute Gasteiger partial charge is 0.190 e. The highest BCUT2D eigenvalue weighted by atomic mass is 19.1. The molecule has 2 aromatic rings. The second-order valence-electron chi connectivity index (χ2n) is 4.06. The molecule has 0 atom stereocenters. The quantitative estimate of drug-likeness (QED) is 0.902. The van der Waals surface area contributed by atoms with E-state index in [1.165, 1.54) is 0 Å². The molecule has 4 nitrogen and oxygen atoms in total. The average Bonchev–Trinajstić information content (AvgIpc) is 2.78. The fourth-order valence-corrected chi connectivity index (χ4v) is 1.73. The van der Waals surface area contributed by atoms with Gasteiger partial charge in [0.25, 0.3) is 0 Å². The van der Waals surface area contributed by atoms with E-state index < -0.39 is 24.0 Å². The molecule has 0 aliphatic heterocycles. The first-order valence-electron chi connectivity index (χ1n) is 5.81. The summed E-state index contributed by atoms with van der Waals surface area (Å²) >= 11 is 0. The summed E-state index contributed by atoms with van der Waals surface area (Å²) in [7, 11) is 0. The number of rotatable bonds is 5. The van der Waals surface area contributed by atoms with E-state index in [-0.39, 0.29) is 12.2 Å². The van der Waals surface area contributed by atoms with Crippen LogP contribution in [0.25, 0.3) is 0 Å². The molecule has 2 rings (SSSR count). The molecule has 0 fully saturated rings. The van der Waals surface area contributed by atoms with E-state index in [0.29, 0.717) is 6.54 Å². The topological polar surface area (TPSA) is 47.3 Å². The second kappa shape index (κ2) is 5.79. The maximum Gasteiger partial charge on any atom is 0.190 e. The summed E-state index contributed by atoms with van der Waals surface area (Å²) in [4.78, 5) is 4.03. The molecule has 0 saturated heterocycles. The van der Waals surface area contributed by atoms with Gasteiger partial charge in [0.15, 0.2) is 17.4 Å². The molecule has 0 amide bonds. The summed E-state index contributed by atoms with van der Waals surface area (Å²) in [6.45, 7) is 2.00. The first-order chi connectivity index (χ1) is 9.11. The Kier molecular flexibility index (Phi) is 4.11. The van der Waals surface area contributed by atoms with E-state index in [9.17, 15) is 8.78 Å². The minimum atomic E-state index is -0.814. The summed E-state index contributed by atoms with van der Waals surface area (Å²) in [6, 6.07) is 2.11. The predicted molar refractivity (Wildman–Crippen MR) is 64.7 cm³/mol. The maximum atomic E-state index is 13.5. The lowest BCUT2D eigenvalue weighted by Crippen LogP contribution is -2.10. The van der Waals surface area contributed by atoms with Crippen LogP contribution in [0.15, 0.2) is 24.5 Å². The fourth-order valence-electron chi connectivity index (χ4n) is 1.73. The van der Waals surface area contributed by atoms with Crippen LogP contribution < -0.4 is 4.74 Å². The number of benzene rings is 1. The van der Waals surface area contributed by atoms with E-state index in [4.69, 9.17) is 9.84 Å². The van der Waals surface area contributed by atoms with Crippen LogP contribution in [0.1, 0.15) is 11.4 Å². The Morgan fingerprint density at radius 2 is 2.00 bits per heavy atom. The van der Waals surface area contributed by atoms with Crippen LogP contribution in [0.2, 0.25) is 0 Å². The number of halogens is 2. The zero-order chi connectivity index (χ0) is 13.8. The number of hydrogen-bond donors (Lipinski definition) is 1. The van der Waals surface area contributed by atoms with Crippen LogP contribution in [0, 0.1) is 18.6 Å². The number of aliphatic hydroxyl groups excluding tert-OH is 1. The van der Waals surface area contributed by atoms with Crippen molar-refractivity contribution in [3.63, 3.8) is 0 Å². The van der Waals surface area contributed by atoms with Crippen molar-refractivity contribution in [1.82, 2.24) is 9.55 Å². The van der Waals surface area contributed by atoms with Crippen molar-refractivity contribution in [3.8, 4) is 5.75 Å². The molecule has 1 heterocycles. The minimum Gasteiger partial charge on any atom is -0.486 e. The third-order valence-electron chi connectivity index (χ3n) is 2.74. The third kappa shape index (κ3) is 3.08. The Morgan fingerprint density at radius 1 is 1.32 bits per heavy atom. The Hall–Kier alpha value is -1.95. The molecule has 0 aliphatic carbocycles. The van der Waals surface area contributed by atoms with Gasteiger partial charge in [0.2, 0.25) is 0 Å². The van der Waals surface area contributed by atoms with E-state index in [0.717, 1.165) is 18.0 Å². The summed E-state index contributed by atoms with van der Waals surface area (Å²) in [5.41, 5.74) is 0.174. The molecule has 1 aromatic carbocycles. The van der Waals surface area contributed by atoms with Crippen molar-refractivity contribution in [3.05, 3.63) is 47.5 Å². The molecule has 0 radical (unpaired) electrons. The van der Waals surface area contributed by atoms with Gasteiger partial charge in [0, 0.05) is 12.4 Å². The molecule has 1 aromatic heterocycles. The SMILES string of the molecule is Cc1nccn1CCOc1c(F)cc(CO)cc1F. The Bertz CT molecular complexity index is 547. The molecule has 19 heavy (non-hydrogen) atoms. The zero-order valence-electron chi connectivity index (χ0n) is 10.4. The number of ether oxygens (including phenoxy) is 1. The van der Waals surface area contributed by atoms with Gasteiger partial charge in [-0.3, -0.25) is 0 Å². The molecule has 0 saturated carbocycles. The van der Waals surface area contributed by atoms with Gasteiger partial charge in [-0.05, 0) is 24.6 Å². The first kappa shape index (κ1) is 13.5. The highest BCUT2D eigenvalue weighted by molar-refractivity contribution is 5.31. The van der Waals surface area contributed by atoms with Crippen molar-refractivity contribution in [2.75, 3.05) is 6.61 Å². The van der Waals surface area contributed by atoms with Crippen molar-refractivity contribution in [2.45, 2.75) is 20.1 Å². The van der Waals surface area contributed by atoms with Crippen LogP contribution in [0.4, 0.5) is 8.78 Å². The van der Waals surface area contributed by atoms with Gasteiger partial charge in [-0.15, -0.1) is 0 Å². The normalized spacial score (nSPS) is 10.7. The zero-order valence-corrected chi connectivity index (χ0v) is 10.4. The van der Waals surface area contributed by atoms with Crippen molar-refractivity contribution >= 4 is 0 Å². The predicted octanol–water partition coefficient (Wildman–Crippen LogP) is 2.04. The Balaban J connectivity index is 2.02. The summed E-state index contributed by atoms with van der Waals surface area (Å²) in [6.07, 6.45) is 3.41. The van der Waals surface area contributed by atoms with Crippen LogP contribution in [0.5, 0.6) is 5.75 Å². The number of imidazole rings is 1. The van der Waals surface area contributed by atoms with Gasteiger partial charge >= 0.3 is 0 Å². The summed E-state index contributed by atoms with van der Waals surface area (Å²) < 4.78 is 34.0. The number of aryl methyl sites for hydroxylation is 1. The molecule has 0 bridgehead atoms. The van der Waals surface area contributed by atoms with Crippen LogP contribution in [-0.4, -0.2) is 21.3 Å². The van der Waals surface area contributed by atoms with Crippen molar-refractivity contribution in [2.24, 2.45) is 0 Å². The second-order valence-corrected chi connectivity index (χ2v) is 4.06. The van der Waals surface area contributed by atoms with Gasteiger partial charge < -0.3 is 14.4 Å².